The van der Waals surface area contributed by atoms with Crippen molar-refractivity contribution in [2.75, 3.05) is 12.8 Å². The Bertz CT molecular complexity index is 1050. The van der Waals surface area contributed by atoms with Crippen LogP contribution < -0.4 is 11.2 Å². The molecule has 2 aromatic heterocycles. The van der Waals surface area contributed by atoms with Crippen LogP contribution in [0.5, 0.6) is 5.75 Å². The third kappa shape index (κ3) is 4.22. The van der Waals surface area contributed by atoms with E-state index in [4.69, 9.17) is 10.5 Å². The van der Waals surface area contributed by atoms with Crippen molar-refractivity contribution in [1.29, 1.82) is 0 Å². The summed E-state index contributed by atoms with van der Waals surface area (Å²) in [6, 6.07) is 3.53. The second-order valence-electron chi connectivity index (χ2n) is 5.23. The van der Waals surface area contributed by atoms with Crippen molar-refractivity contribution in [3.63, 3.8) is 0 Å². The fourth-order valence-electron chi connectivity index (χ4n) is 2.15. The van der Waals surface area contributed by atoms with E-state index < -0.39 is 5.91 Å². The molecule has 0 bridgehead atoms. The van der Waals surface area contributed by atoms with Gasteiger partial charge in [0.25, 0.3) is 5.91 Å². The smallest absolute Gasteiger partial charge is 0.293 e. The normalized spacial score (nSPS) is 11.2. The summed E-state index contributed by atoms with van der Waals surface area (Å²) >= 11 is 4.12. The van der Waals surface area contributed by atoms with E-state index in [1.54, 1.807) is 6.07 Å². The van der Waals surface area contributed by atoms with Crippen LogP contribution in [-0.2, 0) is 11.3 Å². The molecule has 4 N–H and O–H groups in total. The molecule has 0 aliphatic heterocycles. The Hall–Kier alpha value is -2.34. The zero-order valence-electron chi connectivity index (χ0n) is 14.1. The number of amides is 1. The number of halogens is 2. The van der Waals surface area contributed by atoms with Crippen molar-refractivity contribution in [1.82, 2.24) is 30.7 Å². The second-order valence-corrected chi connectivity index (χ2v) is 7.64. The zero-order valence-corrected chi connectivity index (χ0v) is 18.4. The standard InChI is InChI=1S/C14H12I2N8O4/c1-27-5-9-10(19-23-24(9)13-12(17)21-28-22-13)14(26)20-18-4-6-2-7(15)3-8(16)11(6)25/h2-4,25H,5H2,1H3,(H2,17,21)(H,20,26)/b18-4+. The van der Waals surface area contributed by atoms with Crippen molar-refractivity contribution in [3.8, 4) is 11.6 Å². The van der Waals surface area contributed by atoms with Crippen molar-refractivity contribution < 1.29 is 19.3 Å². The van der Waals surface area contributed by atoms with Crippen molar-refractivity contribution in [2.24, 2.45) is 5.10 Å². The number of hydrogen-bond acceptors (Lipinski definition) is 10. The lowest BCUT2D eigenvalue weighted by Gasteiger charge is -2.04. The third-order valence-electron chi connectivity index (χ3n) is 3.38. The summed E-state index contributed by atoms with van der Waals surface area (Å²) in [4.78, 5) is 12.5. The minimum absolute atomic E-state index is 0.00162. The summed E-state index contributed by atoms with van der Waals surface area (Å²) in [5.74, 6) is -0.500. The highest BCUT2D eigenvalue weighted by Gasteiger charge is 2.23. The monoisotopic (exact) mass is 610 g/mol. The quantitative estimate of drug-likeness (QED) is 0.210. The Morgan fingerprint density at radius 3 is 2.93 bits per heavy atom. The van der Waals surface area contributed by atoms with Crippen LogP contribution in [0.2, 0.25) is 0 Å². The van der Waals surface area contributed by atoms with E-state index in [0.29, 0.717) is 9.13 Å². The van der Waals surface area contributed by atoms with Gasteiger partial charge in [-0.1, -0.05) is 5.21 Å². The molecule has 0 fully saturated rings. The maximum absolute atomic E-state index is 12.5. The number of carbonyl (C=O) groups is 1. The first-order valence-electron chi connectivity index (χ1n) is 7.45. The molecule has 3 rings (SSSR count). The minimum Gasteiger partial charge on any atom is -0.506 e. The van der Waals surface area contributed by atoms with Crippen LogP contribution in [0.3, 0.4) is 0 Å². The molecule has 14 heteroatoms. The molecule has 3 aromatic rings. The predicted octanol–water partition coefficient (Wildman–Crippen LogP) is 1.06. The summed E-state index contributed by atoms with van der Waals surface area (Å²) < 4.78 is 12.4. The number of rotatable bonds is 6. The number of aromatic hydroxyl groups is 1. The van der Waals surface area contributed by atoms with Crippen LogP contribution in [0, 0.1) is 7.14 Å². The van der Waals surface area contributed by atoms with Gasteiger partial charge in [-0.15, -0.1) is 5.10 Å². The Morgan fingerprint density at radius 1 is 1.46 bits per heavy atom. The SMILES string of the molecule is COCc1c(C(=O)N/N=C/c2cc(I)cc(I)c2O)nnn1-c1nonc1N. The summed E-state index contributed by atoms with van der Waals surface area (Å²) in [6.45, 7) is 0.00162. The number of phenolic OH excluding ortho intramolecular Hbond substituents is 1. The lowest BCUT2D eigenvalue weighted by Crippen LogP contribution is -2.20. The summed E-state index contributed by atoms with van der Waals surface area (Å²) in [5.41, 5.74) is 8.70. The molecule has 1 aromatic carbocycles. The predicted molar refractivity (Wildman–Crippen MR) is 113 cm³/mol. The molecule has 0 saturated heterocycles. The van der Waals surface area contributed by atoms with Gasteiger partial charge >= 0.3 is 0 Å². The molecule has 0 aliphatic rings. The number of nitrogen functional groups attached to an aromatic ring is 1. The van der Waals surface area contributed by atoms with Crippen LogP contribution in [0.4, 0.5) is 5.82 Å². The highest BCUT2D eigenvalue weighted by molar-refractivity contribution is 14.1. The molecular formula is C14H12I2N8O4. The van der Waals surface area contributed by atoms with E-state index in [1.807, 2.05) is 28.7 Å². The summed E-state index contributed by atoms with van der Waals surface area (Å²) in [7, 11) is 1.45. The van der Waals surface area contributed by atoms with Gasteiger partial charge < -0.3 is 15.6 Å². The van der Waals surface area contributed by atoms with Crippen LogP contribution >= 0.6 is 45.2 Å². The highest BCUT2D eigenvalue weighted by Crippen LogP contribution is 2.25. The molecule has 1 amide bonds. The molecule has 12 nitrogen and oxygen atoms in total. The van der Waals surface area contributed by atoms with Gasteiger partial charge in [-0.05, 0) is 67.6 Å². The van der Waals surface area contributed by atoms with Gasteiger partial charge in [0.15, 0.2) is 5.69 Å². The van der Waals surface area contributed by atoms with E-state index in [2.05, 4.69) is 58.4 Å². The number of anilines is 1. The maximum Gasteiger partial charge on any atom is 0.293 e. The Kier molecular flexibility index (Phi) is 6.39. The number of benzene rings is 1. The van der Waals surface area contributed by atoms with Gasteiger partial charge in [0.1, 0.15) is 11.4 Å². The Morgan fingerprint density at radius 2 is 2.25 bits per heavy atom. The van der Waals surface area contributed by atoms with Crippen molar-refractivity contribution in [3.05, 3.63) is 36.2 Å². The topological polar surface area (TPSA) is 167 Å². The maximum atomic E-state index is 12.5. The first-order chi connectivity index (χ1) is 13.4. The van der Waals surface area contributed by atoms with E-state index in [9.17, 15) is 9.90 Å². The molecular weight excluding hydrogens is 598 g/mol. The molecule has 28 heavy (non-hydrogen) atoms. The molecule has 0 radical (unpaired) electrons. The molecule has 0 aliphatic carbocycles. The molecule has 0 spiro atoms. The van der Waals surface area contributed by atoms with Gasteiger partial charge in [0.05, 0.1) is 16.4 Å². The number of phenols is 1. The average molecular weight is 610 g/mol. The first-order valence-corrected chi connectivity index (χ1v) is 9.61. The second kappa shape index (κ2) is 8.78. The number of hydrogen-bond donors (Lipinski definition) is 3. The van der Waals surface area contributed by atoms with Crippen LogP contribution in [-0.4, -0.2) is 49.6 Å². The van der Waals surface area contributed by atoms with Crippen molar-refractivity contribution in [2.45, 2.75) is 6.61 Å². The van der Waals surface area contributed by atoms with Crippen molar-refractivity contribution >= 4 is 63.1 Å². The van der Waals surface area contributed by atoms with Gasteiger partial charge in [0, 0.05) is 16.2 Å². The largest absolute Gasteiger partial charge is 0.506 e. The molecule has 146 valence electrons. The number of nitrogens with one attached hydrogen (secondary N) is 1. The third-order valence-corrected chi connectivity index (χ3v) is 4.83. The number of aromatic nitrogens is 5. The summed E-state index contributed by atoms with van der Waals surface area (Å²) in [5, 5.41) is 28.7. The molecule has 2 heterocycles. The minimum atomic E-state index is -0.635. The van der Waals surface area contributed by atoms with Gasteiger partial charge in [-0.25, -0.2) is 10.1 Å². The van der Waals surface area contributed by atoms with Gasteiger partial charge in [0.2, 0.25) is 11.6 Å². The molecule has 0 atom stereocenters. The summed E-state index contributed by atoms with van der Waals surface area (Å²) in [6.07, 6.45) is 1.33. The van der Waals surface area contributed by atoms with E-state index >= 15 is 0 Å². The lowest BCUT2D eigenvalue weighted by atomic mass is 10.2. The number of methoxy groups -OCH3 is 1. The zero-order chi connectivity index (χ0) is 20.3. The first kappa shape index (κ1) is 20.4. The number of nitrogens with zero attached hydrogens (tertiary/aromatic N) is 6. The fraction of sp³-hybridized carbons (Fsp3) is 0.143. The molecule has 0 saturated carbocycles. The average Bonchev–Trinajstić information content (AvgIpc) is 3.25. The number of carbonyl (C=O) groups excluding carboxylic acids is 1. The van der Waals surface area contributed by atoms with Crippen LogP contribution in [0.25, 0.3) is 5.82 Å². The van der Waals surface area contributed by atoms with Crippen LogP contribution in [0.15, 0.2) is 21.9 Å². The number of nitrogens with two attached hydrogens (primary N) is 1. The Labute approximate surface area is 184 Å². The number of hydrazone groups is 1. The van der Waals surface area contributed by atoms with Crippen LogP contribution in [0.1, 0.15) is 21.7 Å². The van der Waals surface area contributed by atoms with E-state index in [-0.39, 0.29) is 35.4 Å². The molecule has 0 unspecified atom stereocenters. The van der Waals surface area contributed by atoms with Gasteiger partial charge in [-0.3, -0.25) is 4.79 Å². The van der Waals surface area contributed by atoms with E-state index in [1.165, 1.54) is 18.0 Å². The lowest BCUT2D eigenvalue weighted by molar-refractivity contribution is 0.0944. The fourth-order valence-corrected chi connectivity index (χ4v) is 4.04. The Balaban J connectivity index is 1.83. The van der Waals surface area contributed by atoms with Gasteiger partial charge in [-0.2, -0.15) is 9.78 Å². The highest BCUT2D eigenvalue weighted by atomic mass is 127. The van der Waals surface area contributed by atoms with E-state index in [0.717, 1.165) is 3.57 Å². The number of ether oxygens (including phenoxy) is 1.